The molecular formula is C30H65FN4. The van der Waals surface area contributed by atoms with E-state index in [2.05, 4.69) is 82.3 Å². The van der Waals surface area contributed by atoms with Gasteiger partial charge in [-0.25, -0.2) is 0 Å². The lowest BCUT2D eigenvalue weighted by molar-refractivity contribution is 0.124. The van der Waals surface area contributed by atoms with Crippen molar-refractivity contribution in [1.82, 2.24) is 19.6 Å². The van der Waals surface area contributed by atoms with E-state index in [1.165, 1.54) is 65.2 Å². The summed E-state index contributed by atoms with van der Waals surface area (Å²) in [4.78, 5) is 10.0. The molecule has 0 aromatic rings. The van der Waals surface area contributed by atoms with Crippen LogP contribution < -0.4 is 0 Å². The van der Waals surface area contributed by atoms with E-state index in [0.29, 0.717) is 5.92 Å². The minimum absolute atomic E-state index is 0.183. The molecule has 0 spiro atoms. The van der Waals surface area contributed by atoms with Gasteiger partial charge in [-0.3, -0.25) is 4.39 Å². The van der Waals surface area contributed by atoms with Gasteiger partial charge < -0.3 is 19.6 Å². The van der Waals surface area contributed by atoms with E-state index < -0.39 is 0 Å². The molecule has 3 atom stereocenters. The Labute approximate surface area is 221 Å². The van der Waals surface area contributed by atoms with Crippen molar-refractivity contribution in [2.75, 3.05) is 80.2 Å². The smallest absolute Gasteiger partial charge is 0.0922 e. The van der Waals surface area contributed by atoms with Crippen molar-refractivity contribution < 1.29 is 4.39 Å². The van der Waals surface area contributed by atoms with Crippen molar-refractivity contribution in [2.45, 2.75) is 81.2 Å². The topological polar surface area (TPSA) is 13.0 Å². The Bertz CT molecular complexity index is 481. The van der Waals surface area contributed by atoms with Gasteiger partial charge in [0, 0.05) is 45.3 Å². The Morgan fingerprint density at radius 2 is 1.00 bits per heavy atom. The highest BCUT2D eigenvalue weighted by molar-refractivity contribution is 4.78. The van der Waals surface area contributed by atoms with E-state index in [9.17, 15) is 4.39 Å². The van der Waals surface area contributed by atoms with Gasteiger partial charge >= 0.3 is 0 Å². The van der Waals surface area contributed by atoms with E-state index in [4.69, 9.17) is 0 Å². The van der Waals surface area contributed by atoms with Gasteiger partial charge in [-0.1, -0.05) is 62.3 Å². The molecule has 0 amide bonds. The van der Waals surface area contributed by atoms with Gasteiger partial charge in [0.05, 0.1) is 6.67 Å². The van der Waals surface area contributed by atoms with Crippen LogP contribution in [0.4, 0.5) is 4.39 Å². The van der Waals surface area contributed by atoms with Crippen LogP contribution in [0.5, 0.6) is 0 Å². The van der Waals surface area contributed by atoms with Crippen LogP contribution in [0.1, 0.15) is 75.2 Å². The summed E-state index contributed by atoms with van der Waals surface area (Å²) in [5, 5.41) is 0. The first-order chi connectivity index (χ1) is 16.3. The van der Waals surface area contributed by atoms with Gasteiger partial charge in [-0.2, -0.15) is 0 Å². The predicted molar refractivity (Wildman–Crippen MR) is 155 cm³/mol. The summed E-state index contributed by atoms with van der Waals surface area (Å²) in [5.41, 5.74) is 0. The molecule has 4 nitrogen and oxygen atoms in total. The number of rotatable bonds is 9. The van der Waals surface area contributed by atoms with Crippen molar-refractivity contribution >= 4 is 0 Å². The van der Waals surface area contributed by atoms with Gasteiger partial charge in [0.25, 0.3) is 0 Å². The highest BCUT2D eigenvalue weighted by Gasteiger charge is 2.22. The second-order valence-electron chi connectivity index (χ2n) is 12.9. The van der Waals surface area contributed by atoms with Crippen LogP contribution in [0.2, 0.25) is 0 Å². The molecule has 0 unspecified atom stereocenters. The SMILES string of the molecule is CC(C)[C@@H](C)CN1CCC(N(C)C)CC1.CC(C)[C@@H](C)CN1CCN(C)CC1.CC(C)[C@H](C)CF. The largest absolute Gasteiger partial charge is 0.306 e. The van der Waals surface area contributed by atoms with Crippen LogP contribution in [-0.4, -0.2) is 106 Å². The zero-order valence-corrected chi connectivity index (χ0v) is 26.0. The normalized spacial score (nSPS) is 21.5. The maximum Gasteiger partial charge on any atom is 0.0922 e. The molecule has 2 aliphatic rings. The molecule has 2 saturated heterocycles. The van der Waals surface area contributed by atoms with Crippen molar-refractivity contribution in [3.63, 3.8) is 0 Å². The first-order valence-electron chi connectivity index (χ1n) is 14.6. The Morgan fingerprint density at radius 1 is 0.629 bits per heavy atom. The summed E-state index contributed by atoms with van der Waals surface area (Å²) < 4.78 is 11.6. The Morgan fingerprint density at radius 3 is 1.29 bits per heavy atom. The van der Waals surface area contributed by atoms with Crippen LogP contribution in [0.25, 0.3) is 0 Å². The lowest BCUT2D eigenvalue weighted by Gasteiger charge is -2.36. The fourth-order valence-corrected chi connectivity index (χ4v) is 4.06. The van der Waals surface area contributed by atoms with Gasteiger partial charge in [-0.05, 0) is 82.6 Å². The van der Waals surface area contributed by atoms with E-state index >= 15 is 0 Å². The second-order valence-corrected chi connectivity index (χ2v) is 12.9. The number of hydrogen-bond donors (Lipinski definition) is 0. The van der Waals surface area contributed by atoms with Crippen LogP contribution in [0.15, 0.2) is 0 Å². The third kappa shape index (κ3) is 16.3. The maximum atomic E-state index is 11.6. The molecule has 2 aliphatic heterocycles. The van der Waals surface area contributed by atoms with Crippen LogP contribution >= 0.6 is 0 Å². The zero-order chi connectivity index (χ0) is 27.1. The van der Waals surface area contributed by atoms with Crippen molar-refractivity contribution in [3.8, 4) is 0 Å². The van der Waals surface area contributed by atoms with Crippen molar-refractivity contribution in [2.24, 2.45) is 35.5 Å². The minimum Gasteiger partial charge on any atom is -0.306 e. The Kier molecular flexibility index (Phi) is 18.8. The number of likely N-dealkylation sites (N-methyl/N-ethyl adjacent to an activating group) is 1. The number of piperazine rings is 1. The number of nitrogens with zero attached hydrogens (tertiary/aromatic N) is 4. The summed E-state index contributed by atoms with van der Waals surface area (Å²) in [6.07, 6.45) is 2.69. The number of likely N-dealkylation sites (tertiary alicyclic amines) is 1. The molecule has 0 bridgehead atoms. The molecule has 5 heteroatoms. The molecular weight excluding hydrogens is 435 g/mol. The van der Waals surface area contributed by atoms with Crippen molar-refractivity contribution in [1.29, 1.82) is 0 Å². The zero-order valence-electron chi connectivity index (χ0n) is 26.0. The molecule has 0 N–H and O–H groups in total. The van der Waals surface area contributed by atoms with Gasteiger partial charge in [0.2, 0.25) is 0 Å². The highest BCUT2D eigenvalue weighted by atomic mass is 19.1. The third-order valence-corrected chi connectivity index (χ3v) is 8.63. The molecule has 2 rings (SSSR count). The highest BCUT2D eigenvalue weighted by Crippen LogP contribution is 2.18. The van der Waals surface area contributed by atoms with Gasteiger partial charge in [0.15, 0.2) is 0 Å². The molecule has 0 aromatic heterocycles. The van der Waals surface area contributed by atoms with Crippen LogP contribution in [0, 0.1) is 35.5 Å². The fourth-order valence-electron chi connectivity index (χ4n) is 4.06. The summed E-state index contributed by atoms with van der Waals surface area (Å²) in [6.45, 7) is 30.0. The van der Waals surface area contributed by atoms with E-state index in [1.807, 2.05) is 20.8 Å². The quantitative estimate of drug-likeness (QED) is 0.380. The van der Waals surface area contributed by atoms with E-state index in [-0.39, 0.29) is 12.6 Å². The molecule has 0 aliphatic carbocycles. The first kappa shape index (κ1) is 34.8. The molecule has 0 aromatic carbocycles. The fraction of sp³-hybridized carbons (Fsp3) is 1.00. The summed E-state index contributed by atoms with van der Waals surface area (Å²) >= 11 is 0. The number of piperidine rings is 1. The minimum atomic E-state index is -0.183. The van der Waals surface area contributed by atoms with Crippen LogP contribution in [-0.2, 0) is 0 Å². The average molecular weight is 501 g/mol. The first-order valence-corrected chi connectivity index (χ1v) is 14.6. The monoisotopic (exact) mass is 501 g/mol. The lowest BCUT2D eigenvalue weighted by Crippen LogP contribution is -2.46. The van der Waals surface area contributed by atoms with E-state index in [1.54, 1.807) is 0 Å². The average Bonchev–Trinajstić information content (AvgIpc) is 2.80. The van der Waals surface area contributed by atoms with E-state index in [0.717, 1.165) is 29.7 Å². The molecule has 35 heavy (non-hydrogen) atoms. The second kappa shape index (κ2) is 18.9. The lowest BCUT2D eigenvalue weighted by atomic mass is 9.96. The number of hydrogen-bond acceptors (Lipinski definition) is 4. The third-order valence-electron chi connectivity index (χ3n) is 8.63. The Hall–Kier alpha value is -0.230. The molecule has 2 fully saturated rings. The molecule has 0 saturated carbocycles. The summed E-state index contributed by atoms with van der Waals surface area (Å²) in [7, 11) is 6.62. The standard InChI is InChI=1S/C13H28N2.C11H24N2.C6H13F/c1-11(2)12(3)10-15-8-6-13(7-9-15)14(4)5;1-10(2)11(3)9-13-7-5-12(4)6-8-13;1-5(2)6(3)4-7/h11-13H,6-10H2,1-5H3;10-11H,5-9H2,1-4H3;5-6H,4H2,1-3H3/t12-;11-;6-/m001/s1. The summed E-state index contributed by atoms with van der Waals surface area (Å²) in [6, 6.07) is 0.815. The van der Waals surface area contributed by atoms with Crippen LogP contribution in [0.3, 0.4) is 0 Å². The van der Waals surface area contributed by atoms with Gasteiger partial charge in [-0.15, -0.1) is 0 Å². The van der Waals surface area contributed by atoms with Crippen molar-refractivity contribution in [3.05, 3.63) is 0 Å². The maximum absolute atomic E-state index is 11.6. The number of alkyl halides is 1. The Balaban J connectivity index is 0.000000529. The molecule has 0 radical (unpaired) electrons. The molecule has 212 valence electrons. The number of halogens is 1. The van der Waals surface area contributed by atoms with Gasteiger partial charge in [0.1, 0.15) is 0 Å². The summed E-state index contributed by atoms with van der Waals surface area (Å²) in [5.74, 6) is 4.03. The predicted octanol–water partition coefficient (Wildman–Crippen LogP) is 6.08. The molecule has 2 heterocycles.